The molecule has 0 radical (unpaired) electrons. The van der Waals surface area contributed by atoms with Gasteiger partial charge in [0.1, 0.15) is 11.1 Å². The topological polar surface area (TPSA) is 82.0 Å². The SMILES string of the molecule is CC1(C)c2ccccc2C(c2cccc(N=CC=C(N)C(F)(F)F)n2)(c2cccc(-n3cc(C(F)(F)F)cn3)n2)c2ccccc21. The molecule has 0 spiro atoms. The fourth-order valence-electron chi connectivity index (χ4n) is 6.03. The number of aliphatic imine (C=N–C) groups is 1. The maximum atomic E-state index is 13.4. The van der Waals surface area contributed by atoms with E-state index in [1.807, 2.05) is 48.5 Å². The van der Waals surface area contributed by atoms with Gasteiger partial charge < -0.3 is 5.73 Å². The zero-order valence-electron chi connectivity index (χ0n) is 24.5. The summed E-state index contributed by atoms with van der Waals surface area (Å²) in [5, 5.41) is 3.93. The highest BCUT2D eigenvalue weighted by molar-refractivity contribution is 5.75. The van der Waals surface area contributed by atoms with Gasteiger partial charge in [0.15, 0.2) is 11.6 Å². The van der Waals surface area contributed by atoms with Crippen molar-refractivity contribution in [3.05, 3.63) is 148 Å². The summed E-state index contributed by atoms with van der Waals surface area (Å²) in [6, 6.07) is 25.6. The second-order valence-corrected chi connectivity index (χ2v) is 11.3. The number of halogens is 6. The summed E-state index contributed by atoms with van der Waals surface area (Å²) in [6.45, 7) is 4.21. The molecule has 0 amide bonds. The van der Waals surface area contributed by atoms with Crippen LogP contribution in [0.2, 0.25) is 0 Å². The van der Waals surface area contributed by atoms with Gasteiger partial charge in [-0.3, -0.25) is 0 Å². The highest BCUT2D eigenvalue weighted by Crippen LogP contribution is 2.55. The van der Waals surface area contributed by atoms with Crippen LogP contribution in [0.5, 0.6) is 0 Å². The van der Waals surface area contributed by atoms with Gasteiger partial charge in [-0.2, -0.15) is 31.4 Å². The smallest absolute Gasteiger partial charge is 0.395 e. The van der Waals surface area contributed by atoms with Gasteiger partial charge in [-0.05, 0) is 52.6 Å². The standard InChI is InChI=1S/C34H26F6N6/c1-31(2)22-9-3-5-11-24(22)32(25-12-6-4-10-23(25)31,27-13-7-15-29(44-27)42-18-17-26(41)34(38,39)40)28-14-8-16-30(45-28)46-20-21(19-43-46)33(35,36)37/h3-20H,41H2,1-2H3. The predicted octanol–water partition coefficient (Wildman–Crippen LogP) is 7.81. The molecule has 3 aromatic heterocycles. The number of pyridine rings is 2. The first-order valence-corrected chi connectivity index (χ1v) is 14.1. The molecular formula is C34H26F6N6. The van der Waals surface area contributed by atoms with Crippen LogP contribution in [0.4, 0.5) is 32.2 Å². The number of allylic oxidation sites excluding steroid dienone is 2. The largest absolute Gasteiger partial charge is 0.430 e. The van der Waals surface area contributed by atoms with Crippen LogP contribution in [0.15, 0.2) is 114 Å². The molecule has 0 atom stereocenters. The normalized spacial score (nSPS) is 15.9. The summed E-state index contributed by atoms with van der Waals surface area (Å²) in [6.07, 6.45) is -6.10. The number of aromatic nitrogens is 4. The average molecular weight is 633 g/mol. The average Bonchev–Trinajstić information content (AvgIpc) is 3.53. The van der Waals surface area contributed by atoms with Crippen molar-refractivity contribution in [3.8, 4) is 5.82 Å². The summed E-state index contributed by atoms with van der Waals surface area (Å²) in [7, 11) is 0. The van der Waals surface area contributed by atoms with Gasteiger partial charge in [0.25, 0.3) is 0 Å². The number of fused-ring (bicyclic) bond motifs is 2. The molecule has 0 saturated heterocycles. The Labute approximate surface area is 260 Å². The zero-order chi connectivity index (χ0) is 32.9. The summed E-state index contributed by atoms with van der Waals surface area (Å²) < 4.78 is 80.2. The molecule has 0 saturated carbocycles. The third kappa shape index (κ3) is 5.13. The molecule has 6 nitrogen and oxygen atoms in total. The van der Waals surface area contributed by atoms with Crippen molar-refractivity contribution in [2.75, 3.05) is 0 Å². The molecule has 2 N–H and O–H groups in total. The Morgan fingerprint density at radius 3 is 1.89 bits per heavy atom. The van der Waals surface area contributed by atoms with E-state index in [1.54, 1.807) is 36.4 Å². The van der Waals surface area contributed by atoms with Crippen molar-refractivity contribution in [1.82, 2.24) is 19.7 Å². The molecule has 12 heteroatoms. The van der Waals surface area contributed by atoms with E-state index in [4.69, 9.17) is 15.7 Å². The lowest BCUT2D eigenvalue weighted by molar-refractivity contribution is -0.137. The Morgan fingerprint density at radius 2 is 1.33 bits per heavy atom. The lowest BCUT2D eigenvalue weighted by Crippen LogP contribution is -2.43. The minimum absolute atomic E-state index is 0.112. The molecule has 2 aromatic carbocycles. The van der Waals surface area contributed by atoms with E-state index in [1.165, 1.54) is 0 Å². The van der Waals surface area contributed by atoms with Crippen LogP contribution in [0.3, 0.4) is 0 Å². The number of benzene rings is 2. The quantitative estimate of drug-likeness (QED) is 0.158. The van der Waals surface area contributed by atoms with Crippen molar-refractivity contribution in [1.29, 1.82) is 0 Å². The fraction of sp³-hybridized carbons (Fsp3) is 0.176. The number of alkyl halides is 6. The Morgan fingerprint density at radius 1 is 0.761 bits per heavy atom. The number of hydrogen-bond donors (Lipinski definition) is 1. The van der Waals surface area contributed by atoms with Gasteiger partial charge in [0.05, 0.1) is 23.1 Å². The van der Waals surface area contributed by atoms with E-state index in [0.717, 1.165) is 45.5 Å². The lowest BCUT2D eigenvalue weighted by Gasteiger charge is -2.46. The monoisotopic (exact) mass is 632 g/mol. The number of rotatable bonds is 5. The Bertz CT molecular complexity index is 1940. The van der Waals surface area contributed by atoms with E-state index >= 15 is 0 Å². The molecule has 6 rings (SSSR count). The van der Waals surface area contributed by atoms with Crippen molar-refractivity contribution in [2.24, 2.45) is 10.7 Å². The van der Waals surface area contributed by atoms with Gasteiger partial charge in [0.2, 0.25) is 0 Å². The van der Waals surface area contributed by atoms with Crippen molar-refractivity contribution >= 4 is 12.0 Å². The van der Waals surface area contributed by atoms with E-state index in [-0.39, 0.29) is 11.6 Å². The second kappa shape index (κ2) is 11.0. The Kier molecular flexibility index (Phi) is 7.33. The van der Waals surface area contributed by atoms with Crippen LogP contribution in [0.25, 0.3) is 5.82 Å². The van der Waals surface area contributed by atoms with Crippen LogP contribution in [0, 0.1) is 0 Å². The molecule has 0 fully saturated rings. The zero-order valence-corrected chi connectivity index (χ0v) is 24.5. The van der Waals surface area contributed by atoms with Crippen LogP contribution in [-0.2, 0) is 17.0 Å². The van der Waals surface area contributed by atoms with Gasteiger partial charge in [-0.25, -0.2) is 19.6 Å². The van der Waals surface area contributed by atoms with E-state index in [0.29, 0.717) is 17.5 Å². The molecule has 0 bridgehead atoms. The maximum Gasteiger partial charge on any atom is 0.430 e. The van der Waals surface area contributed by atoms with Gasteiger partial charge in [0, 0.05) is 17.8 Å². The van der Waals surface area contributed by atoms with E-state index in [9.17, 15) is 26.3 Å². The van der Waals surface area contributed by atoms with Crippen molar-refractivity contribution in [2.45, 2.75) is 37.0 Å². The summed E-state index contributed by atoms with van der Waals surface area (Å²) >= 11 is 0. The Balaban J connectivity index is 1.63. The number of nitrogens with two attached hydrogens (primary N) is 1. The molecule has 0 unspecified atom stereocenters. The summed E-state index contributed by atoms with van der Waals surface area (Å²) in [5.74, 6) is 0.259. The molecule has 234 valence electrons. The molecular weight excluding hydrogens is 606 g/mol. The fourth-order valence-corrected chi connectivity index (χ4v) is 6.03. The van der Waals surface area contributed by atoms with Crippen LogP contribution in [0.1, 0.15) is 53.1 Å². The minimum atomic E-state index is -4.71. The molecule has 0 aliphatic heterocycles. The van der Waals surface area contributed by atoms with E-state index in [2.05, 4.69) is 23.9 Å². The van der Waals surface area contributed by atoms with Crippen LogP contribution in [-0.4, -0.2) is 32.1 Å². The summed E-state index contributed by atoms with van der Waals surface area (Å²) in [4.78, 5) is 13.9. The van der Waals surface area contributed by atoms with Crippen LogP contribution < -0.4 is 5.73 Å². The van der Waals surface area contributed by atoms with Gasteiger partial charge >= 0.3 is 12.4 Å². The van der Waals surface area contributed by atoms with E-state index < -0.39 is 34.4 Å². The molecule has 1 aliphatic carbocycles. The maximum absolute atomic E-state index is 13.4. The minimum Gasteiger partial charge on any atom is -0.395 e. The lowest BCUT2D eigenvalue weighted by atomic mass is 9.56. The van der Waals surface area contributed by atoms with Crippen LogP contribution >= 0.6 is 0 Å². The molecule has 3 heterocycles. The second-order valence-electron chi connectivity index (χ2n) is 11.3. The Hall–Kier alpha value is -5.26. The summed E-state index contributed by atoms with van der Waals surface area (Å²) in [5.41, 5.74) is 5.70. The predicted molar refractivity (Wildman–Crippen MR) is 161 cm³/mol. The highest BCUT2D eigenvalue weighted by atomic mass is 19.4. The first-order chi connectivity index (χ1) is 21.7. The molecule has 5 aromatic rings. The number of nitrogens with zero attached hydrogens (tertiary/aromatic N) is 5. The van der Waals surface area contributed by atoms with Crippen molar-refractivity contribution < 1.29 is 26.3 Å². The van der Waals surface area contributed by atoms with Gasteiger partial charge in [-0.15, -0.1) is 0 Å². The first-order valence-electron chi connectivity index (χ1n) is 14.1. The molecule has 46 heavy (non-hydrogen) atoms. The first kappa shape index (κ1) is 30.8. The third-order valence-electron chi connectivity index (χ3n) is 8.18. The van der Waals surface area contributed by atoms with Gasteiger partial charge in [-0.1, -0.05) is 74.5 Å². The molecule has 1 aliphatic rings. The number of hydrogen-bond acceptors (Lipinski definition) is 5. The van der Waals surface area contributed by atoms with Crippen molar-refractivity contribution in [3.63, 3.8) is 0 Å². The highest BCUT2D eigenvalue weighted by Gasteiger charge is 2.51. The third-order valence-corrected chi connectivity index (χ3v) is 8.18.